The summed E-state index contributed by atoms with van der Waals surface area (Å²) in [6, 6.07) is 5.86. The van der Waals surface area contributed by atoms with Gasteiger partial charge in [0.05, 0.1) is 32.9 Å². The van der Waals surface area contributed by atoms with Crippen LogP contribution in [0.1, 0.15) is 32.3 Å². The van der Waals surface area contributed by atoms with E-state index in [0.29, 0.717) is 12.3 Å². The first-order chi connectivity index (χ1) is 14.9. The van der Waals surface area contributed by atoms with E-state index < -0.39 is 30.1 Å². The molecule has 0 aliphatic carbocycles. The minimum Gasteiger partial charge on any atom is -0.504 e. The molecule has 1 fully saturated rings. The van der Waals surface area contributed by atoms with Gasteiger partial charge in [-0.15, -0.1) is 0 Å². The van der Waals surface area contributed by atoms with Crippen LogP contribution in [-0.2, 0) is 19.1 Å². The van der Waals surface area contributed by atoms with E-state index in [1.54, 1.807) is 45.4 Å². The lowest BCUT2D eigenvalue weighted by atomic mass is 10.2. The molecule has 0 saturated carbocycles. The molecule has 0 spiro atoms. The Morgan fingerprint density at radius 1 is 1.23 bits per heavy atom. The Morgan fingerprint density at radius 3 is 2.52 bits per heavy atom. The fourth-order valence-electron chi connectivity index (χ4n) is 3.35. The molecule has 1 heterocycles. The predicted molar refractivity (Wildman–Crippen MR) is 114 cm³/mol. The number of urea groups is 1. The van der Waals surface area contributed by atoms with Crippen LogP contribution in [0, 0.1) is 0 Å². The fraction of sp³-hybridized carbons (Fsp3) is 0.500. The molecule has 0 unspecified atom stereocenters. The first-order valence-corrected chi connectivity index (χ1v) is 10.3. The number of ether oxygens (including phenoxy) is 3. The number of esters is 1. The SMILES string of the molecule is CCOC(=O)CCN(CC)C(=O)N1C[C@@H](Oc2ccc(C=COC)cc2)C[C@H]1C(=O)O. The van der Waals surface area contributed by atoms with Gasteiger partial charge in [-0.3, -0.25) is 4.79 Å². The zero-order valence-corrected chi connectivity index (χ0v) is 18.2. The molecule has 31 heavy (non-hydrogen) atoms. The summed E-state index contributed by atoms with van der Waals surface area (Å²) in [5, 5.41) is 9.62. The van der Waals surface area contributed by atoms with Gasteiger partial charge in [0, 0.05) is 19.5 Å². The van der Waals surface area contributed by atoms with E-state index in [1.165, 1.54) is 9.80 Å². The van der Waals surface area contributed by atoms with Crippen LogP contribution in [0.3, 0.4) is 0 Å². The molecule has 9 nitrogen and oxygen atoms in total. The van der Waals surface area contributed by atoms with Crippen LogP contribution >= 0.6 is 0 Å². The van der Waals surface area contributed by atoms with Crippen LogP contribution in [0.5, 0.6) is 5.75 Å². The smallest absolute Gasteiger partial charge is 0.326 e. The number of hydrogen-bond donors (Lipinski definition) is 1. The topological polar surface area (TPSA) is 106 Å². The molecule has 0 radical (unpaired) electrons. The Hall–Kier alpha value is -3.23. The standard InChI is InChI=1S/C22H30N2O7/c1-4-23(12-10-20(25)30-5-2)22(28)24-15-18(14-19(24)21(26)27)31-17-8-6-16(7-9-17)11-13-29-3/h6-9,11,13,18-19H,4-5,10,12,14-15H2,1-3H3,(H,26,27)/t18-,19-/m0/s1. The van der Waals surface area contributed by atoms with Crippen molar-refractivity contribution in [2.75, 3.05) is 33.4 Å². The maximum absolute atomic E-state index is 13.0. The van der Waals surface area contributed by atoms with Crippen molar-refractivity contribution in [2.45, 2.75) is 38.8 Å². The number of likely N-dealkylation sites (tertiary alicyclic amines) is 1. The number of aliphatic carboxylic acids is 1. The molecule has 2 atom stereocenters. The summed E-state index contributed by atoms with van der Waals surface area (Å²) in [6.07, 6.45) is 3.16. The molecule has 1 aliphatic heterocycles. The van der Waals surface area contributed by atoms with Gasteiger partial charge < -0.3 is 29.1 Å². The molecule has 1 N–H and O–H groups in total. The highest BCUT2D eigenvalue weighted by molar-refractivity contribution is 5.84. The van der Waals surface area contributed by atoms with Gasteiger partial charge in [0.25, 0.3) is 0 Å². The second kappa shape index (κ2) is 11.8. The Bertz CT molecular complexity index is 779. The zero-order valence-electron chi connectivity index (χ0n) is 18.2. The average molecular weight is 434 g/mol. The quantitative estimate of drug-likeness (QED) is 0.446. The van der Waals surface area contributed by atoms with Crippen molar-refractivity contribution < 1.29 is 33.7 Å². The fourth-order valence-corrected chi connectivity index (χ4v) is 3.35. The van der Waals surface area contributed by atoms with Gasteiger partial charge in [-0.2, -0.15) is 0 Å². The molecule has 0 bridgehead atoms. The lowest BCUT2D eigenvalue weighted by Crippen LogP contribution is -2.48. The maximum Gasteiger partial charge on any atom is 0.326 e. The van der Waals surface area contributed by atoms with Crippen molar-refractivity contribution in [3.63, 3.8) is 0 Å². The molecular weight excluding hydrogens is 404 g/mol. The van der Waals surface area contributed by atoms with Crippen molar-refractivity contribution in [1.29, 1.82) is 0 Å². The third kappa shape index (κ3) is 6.91. The molecular formula is C22H30N2O7. The molecule has 1 aliphatic rings. The monoisotopic (exact) mass is 434 g/mol. The zero-order chi connectivity index (χ0) is 22.8. The van der Waals surface area contributed by atoms with Crippen molar-refractivity contribution >= 4 is 24.0 Å². The third-order valence-corrected chi connectivity index (χ3v) is 4.92. The van der Waals surface area contributed by atoms with E-state index in [4.69, 9.17) is 14.2 Å². The van der Waals surface area contributed by atoms with Crippen LogP contribution in [0.2, 0.25) is 0 Å². The van der Waals surface area contributed by atoms with Gasteiger partial charge in [0.2, 0.25) is 0 Å². The van der Waals surface area contributed by atoms with E-state index in [-0.39, 0.29) is 32.5 Å². The number of carboxylic acid groups (broad SMARTS) is 1. The predicted octanol–water partition coefficient (Wildman–Crippen LogP) is 2.61. The molecule has 170 valence electrons. The van der Waals surface area contributed by atoms with E-state index >= 15 is 0 Å². The highest BCUT2D eigenvalue weighted by atomic mass is 16.5. The molecule has 1 aromatic carbocycles. The summed E-state index contributed by atoms with van der Waals surface area (Å²) in [5.41, 5.74) is 0.932. The summed E-state index contributed by atoms with van der Waals surface area (Å²) in [6.45, 7) is 4.43. The summed E-state index contributed by atoms with van der Waals surface area (Å²) < 4.78 is 15.7. The second-order valence-electron chi connectivity index (χ2n) is 7.01. The number of nitrogens with zero attached hydrogens (tertiary/aromatic N) is 2. The number of carboxylic acids is 1. The molecule has 2 amide bonds. The number of amides is 2. The Labute approximate surface area is 182 Å². The van der Waals surface area contributed by atoms with Gasteiger partial charge in [-0.25, -0.2) is 9.59 Å². The number of hydrogen-bond acceptors (Lipinski definition) is 6. The Kier molecular flexibility index (Phi) is 9.17. The van der Waals surface area contributed by atoms with E-state index in [1.807, 2.05) is 12.1 Å². The third-order valence-electron chi connectivity index (χ3n) is 4.92. The van der Waals surface area contributed by atoms with Crippen LogP contribution in [0.25, 0.3) is 6.08 Å². The first-order valence-electron chi connectivity index (χ1n) is 10.3. The van der Waals surface area contributed by atoms with Crippen molar-refractivity contribution in [3.05, 3.63) is 36.1 Å². The summed E-state index contributed by atoms with van der Waals surface area (Å²) in [7, 11) is 1.57. The van der Waals surface area contributed by atoms with Gasteiger partial charge in [0.15, 0.2) is 0 Å². The molecule has 9 heteroatoms. The lowest BCUT2D eigenvalue weighted by molar-refractivity contribution is -0.144. The minimum absolute atomic E-state index is 0.0583. The van der Waals surface area contributed by atoms with Crippen molar-refractivity contribution in [1.82, 2.24) is 9.80 Å². The van der Waals surface area contributed by atoms with Crippen LogP contribution in [-0.4, -0.2) is 78.4 Å². The lowest BCUT2D eigenvalue weighted by Gasteiger charge is -2.29. The number of benzene rings is 1. The Morgan fingerprint density at radius 2 is 1.94 bits per heavy atom. The van der Waals surface area contributed by atoms with Crippen LogP contribution < -0.4 is 4.74 Å². The van der Waals surface area contributed by atoms with Gasteiger partial charge >= 0.3 is 18.0 Å². The number of carbonyl (C=O) groups excluding carboxylic acids is 2. The van der Waals surface area contributed by atoms with Crippen molar-refractivity contribution in [2.24, 2.45) is 0 Å². The van der Waals surface area contributed by atoms with E-state index in [2.05, 4.69) is 0 Å². The van der Waals surface area contributed by atoms with Crippen LogP contribution in [0.15, 0.2) is 30.5 Å². The van der Waals surface area contributed by atoms with Crippen LogP contribution in [0.4, 0.5) is 4.79 Å². The summed E-state index contributed by atoms with van der Waals surface area (Å²) in [5.74, 6) is -0.886. The maximum atomic E-state index is 13.0. The van der Waals surface area contributed by atoms with Gasteiger partial charge in [0.1, 0.15) is 17.9 Å². The average Bonchev–Trinajstić information content (AvgIpc) is 3.18. The number of rotatable bonds is 10. The Balaban J connectivity index is 2.02. The van der Waals surface area contributed by atoms with Crippen molar-refractivity contribution in [3.8, 4) is 5.75 Å². The normalized spacial score (nSPS) is 18.1. The minimum atomic E-state index is -1.08. The highest BCUT2D eigenvalue weighted by Gasteiger charge is 2.42. The van der Waals surface area contributed by atoms with Gasteiger partial charge in [-0.1, -0.05) is 12.1 Å². The first kappa shape index (κ1) is 24.0. The molecule has 0 aromatic heterocycles. The molecule has 2 rings (SSSR count). The number of carbonyl (C=O) groups is 3. The number of methoxy groups -OCH3 is 1. The molecule has 1 saturated heterocycles. The summed E-state index contributed by atoms with van der Waals surface area (Å²) in [4.78, 5) is 39.1. The van der Waals surface area contributed by atoms with Gasteiger partial charge in [-0.05, 0) is 37.6 Å². The highest BCUT2D eigenvalue weighted by Crippen LogP contribution is 2.25. The van der Waals surface area contributed by atoms with E-state index in [9.17, 15) is 19.5 Å². The molecule has 1 aromatic rings. The van der Waals surface area contributed by atoms with E-state index in [0.717, 1.165) is 5.56 Å². The summed E-state index contributed by atoms with van der Waals surface area (Å²) >= 11 is 0. The largest absolute Gasteiger partial charge is 0.504 e. The second-order valence-corrected chi connectivity index (χ2v) is 7.01.